The van der Waals surface area contributed by atoms with Gasteiger partial charge in [-0.25, -0.2) is 8.42 Å². The molecule has 4 aliphatic rings. The van der Waals surface area contributed by atoms with Crippen LogP contribution in [-0.2, 0) is 15.4 Å². The van der Waals surface area contributed by atoms with Gasteiger partial charge < -0.3 is 10.2 Å². The molecule has 0 aromatic heterocycles. The minimum Gasteiger partial charge on any atom is -0.389 e. The molecule has 1 aromatic carbocycles. The Morgan fingerprint density at radius 1 is 1.00 bits per heavy atom. The van der Waals surface area contributed by atoms with Crippen LogP contribution < -0.4 is 0 Å². The van der Waals surface area contributed by atoms with E-state index in [0.717, 1.165) is 58.0 Å². The van der Waals surface area contributed by atoms with E-state index in [-0.39, 0.29) is 22.6 Å². The molecule has 7 nitrogen and oxygen atoms in total. The summed E-state index contributed by atoms with van der Waals surface area (Å²) in [5.41, 5.74) is 0.461. The van der Waals surface area contributed by atoms with Crippen molar-refractivity contribution in [1.29, 1.82) is 0 Å². The van der Waals surface area contributed by atoms with Crippen LogP contribution in [0.2, 0.25) is 0 Å². The van der Waals surface area contributed by atoms with Gasteiger partial charge in [-0.05, 0) is 83.4 Å². The van der Waals surface area contributed by atoms with E-state index >= 15 is 0 Å². The highest BCUT2D eigenvalue weighted by molar-refractivity contribution is 7.91. The topological polar surface area (TPSA) is 84.3 Å². The number of nitrogens with zero attached hydrogens (tertiary/aromatic N) is 3. The van der Waals surface area contributed by atoms with Gasteiger partial charge in [-0.1, -0.05) is 30.3 Å². The fraction of sp³-hybridized carbons (Fsp3) is 0.778. The van der Waals surface area contributed by atoms with Crippen molar-refractivity contribution in [1.82, 2.24) is 14.7 Å². The number of hydrogen-bond donors (Lipinski definition) is 2. The largest absolute Gasteiger partial charge is 0.389 e. The van der Waals surface area contributed by atoms with Crippen molar-refractivity contribution in [3.8, 4) is 0 Å². The van der Waals surface area contributed by atoms with Crippen LogP contribution in [0.1, 0.15) is 63.4 Å². The van der Waals surface area contributed by atoms with Gasteiger partial charge in [0.05, 0.1) is 17.1 Å². The van der Waals surface area contributed by atoms with Crippen LogP contribution in [0.25, 0.3) is 0 Å². The SMILES string of the molecule is CN(C)[C@]1(c2ccccc2)CC[C@]2(CC1)CN(CC1CCS(=O)(=O)CC1)C(O)N2CC1(O)CCC1. The van der Waals surface area contributed by atoms with Gasteiger partial charge in [-0.15, -0.1) is 0 Å². The molecule has 2 saturated heterocycles. The third-order valence-electron chi connectivity index (χ3n) is 9.80. The van der Waals surface area contributed by atoms with Crippen LogP contribution in [0.3, 0.4) is 0 Å². The zero-order valence-electron chi connectivity index (χ0n) is 21.4. The summed E-state index contributed by atoms with van der Waals surface area (Å²) in [6, 6.07) is 10.8. The Hall–Kier alpha value is -1.03. The lowest BCUT2D eigenvalue weighted by Gasteiger charge is -2.53. The summed E-state index contributed by atoms with van der Waals surface area (Å²) in [4.78, 5) is 6.76. The second-order valence-electron chi connectivity index (χ2n) is 12.1. The van der Waals surface area contributed by atoms with Gasteiger partial charge in [0.15, 0.2) is 6.35 Å². The molecule has 8 heteroatoms. The van der Waals surface area contributed by atoms with E-state index in [1.807, 2.05) is 0 Å². The summed E-state index contributed by atoms with van der Waals surface area (Å²) in [6.07, 6.45) is 7.22. The first-order valence-electron chi connectivity index (χ1n) is 13.4. The lowest BCUT2D eigenvalue weighted by atomic mass is 9.67. The molecular weight excluding hydrogens is 462 g/mol. The van der Waals surface area contributed by atoms with Gasteiger partial charge in [0, 0.05) is 30.7 Å². The van der Waals surface area contributed by atoms with Crippen molar-refractivity contribution in [2.75, 3.05) is 45.2 Å². The van der Waals surface area contributed by atoms with Crippen molar-refractivity contribution < 1.29 is 18.6 Å². The molecular formula is C27H43N3O4S. The van der Waals surface area contributed by atoms with E-state index in [1.54, 1.807) is 0 Å². The van der Waals surface area contributed by atoms with Crippen LogP contribution in [0, 0.1) is 5.92 Å². The maximum absolute atomic E-state index is 11.9. The molecule has 35 heavy (non-hydrogen) atoms. The van der Waals surface area contributed by atoms with Gasteiger partial charge in [0.25, 0.3) is 0 Å². The molecule has 2 heterocycles. The van der Waals surface area contributed by atoms with Crippen molar-refractivity contribution in [3.05, 3.63) is 35.9 Å². The minimum absolute atomic E-state index is 0.0261. The molecule has 0 radical (unpaired) electrons. The summed E-state index contributed by atoms with van der Waals surface area (Å²) in [6.45, 7) is 2.03. The van der Waals surface area contributed by atoms with Gasteiger partial charge in [-0.2, -0.15) is 0 Å². The first kappa shape index (κ1) is 25.6. The fourth-order valence-electron chi connectivity index (χ4n) is 7.23. The Labute approximate surface area is 211 Å². The Morgan fingerprint density at radius 2 is 1.63 bits per heavy atom. The molecule has 1 unspecified atom stereocenters. The maximum atomic E-state index is 11.9. The summed E-state index contributed by atoms with van der Waals surface area (Å²) in [5.74, 6) is 0.822. The molecule has 0 bridgehead atoms. The summed E-state index contributed by atoms with van der Waals surface area (Å²) < 4.78 is 23.8. The molecule has 2 aliphatic heterocycles. The van der Waals surface area contributed by atoms with Gasteiger partial charge in [0.2, 0.25) is 0 Å². The average molecular weight is 506 g/mol. The zero-order valence-corrected chi connectivity index (χ0v) is 22.2. The van der Waals surface area contributed by atoms with Crippen LogP contribution in [0.5, 0.6) is 0 Å². The summed E-state index contributed by atoms with van der Waals surface area (Å²) in [7, 11) is 1.45. The lowest BCUT2D eigenvalue weighted by molar-refractivity contribution is -0.145. The minimum atomic E-state index is -2.90. The van der Waals surface area contributed by atoms with Gasteiger partial charge in [0.1, 0.15) is 9.84 Å². The Kier molecular flexibility index (Phi) is 6.86. The molecule has 2 aliphatic carbocycles. The monoisotopic (exact) mass is 505 g/mol. The third-order valence-corrected chi connectivity index (χ3v) is 11.5. The predicted molar refractivity (Wildman–Crippen MR) is 137 cm³/mol. The van der Waals surface area contributed by atoms with E-state index in [0.29, 0.717) is 25.3 Å². The summed E-state index contributed by atoms with van der Waals surface area (Å²) >= 11 is 0. The first-order valence-corrected chi connectivity index (χ1v) is 15.2. The molecule has 2 saturated carbocycles. The quantitative estimate of drug-likeness (QED) is 0.614. The van der Waals surface area contributed by atoms with Crippen molar-refractivity contribution in [2.24, 2.45) is 5.92 Å². The highest BCUT2D eigenvalue weighted by Gasteiger charge is 2.56. The lowest BCUT2D eigenvalue weighted by Crippen LogP contribution is -2.60. The smallest absolute Gasteiger partial charge is 0.166 e. The molecule has 2 N–H and O–H groups in total. The van der Waals surface area contributed by atoms with Crippen LogP contribution in [0.4, 0.5) is 0 Å². The van der Waals surface area contributed by atoms with E-state index in [9.17, 15) is 18.6 Å². The highest BCUT2D eigenvalue weighted by atomic mass is 32.2. The number of hydrogen-bond acceptors (Lipinski definition) is 7. The van der Waals surface area contributed by atoms with E-state index < -0.39 is 21.8 Å². The van der Waals surface area contributed by atoms with E-state index in [1.165, 1.54) is 5.56 Å². The van der Waals surface area contributed by atoms with Gasteiger partial charge in [-0.3, -0.25) is 14.7 Å². The predicted octanol–water partition coefficient (Wildman–Crippen LogP) is 2.39. The normalized spacial score (nSPS) is 33.2. The number of rotatable bonds is 6. The number of β-amino-alcohol motifs (C(OH)–C–C–N with tert-alkyl or cyclic N) is 1. The van der Waals surface area contributed by atoms with Gasteiger partial charge >= 0.3 is 0 Å². The molecule has 1 atom stereocenters. The second kappa shape index (κ2) is 9.37. The third kappa shape index (κ3) is 4.82. The number of aliphatic hydroxyl groups is 2. The molecule has 4 fully saturated rings. The Morgan fingerprint density at radius 3 is 2.17 bits per heavy atom. The van der Waals surface area contributed by atoms with Crippen molar-refractivity contribution >= 4 is 9.84 Å². The number of sulfone groups is 1. The molecule has 196 valence electrons. The Bertz CT molecular complexity index is 973. The van der Waals surface area contributed by atoms with Crippen molar-refractivity contribution in [3.63, 3.8) is 0 Å². The van der Waals surface area contributed by atoms with Crippen LogP contribution >= 0.6 is 0 Å². The average Bonchev–Trinajstić information content (AvgIpc) is 3.06. The van der Waals surface area contributed by atoms with E-state index in [2.05, 4.69) is 59.1 Å². The molecule has 1 aromatic rings. The molecule has 0 amide bonds. The van der Waals surface area contributed by atoms with E-state index in [4.69, 9.17) is 0 Å². The standard InChI is InChI=1S/C27H43N3O4S/c1-28(2)27(23-7-4-3-5-8-23)15-13-25(14-16-27)20-29(19-22-9-17-35(33,34)18-10-22)24(31)30(25)21-26(32)11-6-12-26/h3-5,7-8,22,24,31-32H,6,9-21H2,1-2H3/t24?,25-,27+. The zero-order chi connectivity index (χ0) is 24.9. The highest BCUT2D eigenvalue weighted by Crippen LogP contribution is 2.50. The number of benzene rings is 1. The van der Waals surface area contributed by atoms with Crippen LogP contribution in [-0.4, -0.2) is 96.1 Å². The second-order valence-corrected chi connectivity index (χ2v) is 14.4. The summed E-state index contributed by atoms with van der Waals surface area (Å²) in [5, 5.41) is 22.6. The first-order chi connectivity index (χ1) is 16.6. The van der Waals surface area contributed by atoms with Crippen LogP contribution in [0.15, 0.2) is 30.3 Å². The maximum Gasteiger partial charge on any atom is 0.166 e. The Balaban J connectivity index is 1.36. The molecule has 1 spiro atoms. The van der Waals surface area contributed by atoms with Crippen molar-refractivity contribution in [2.45, 2.75) is 80.8 Å². The number of aliphatic hydroxyl groups excluding tert-OH is 1. The molecule has 5 rings (SSSR count). The fourth-order valence-corrected chi connectivity index (χ4v) is 8.82.